The van der Waals surface area contributed by atoms with Crippen LogP contribution >= 0.6 is 0 Å². The predicted octanol–water partition coefficient (Wildman–Crippen LogP) is 2.96. The molecule has 0 aliphatic carbocycles. The quantitative estimate of drug-likeness (QED) is 0.703. The molecule has 1 fully saturated rings. The van der Waals surface area contributed by atoms with E-state index in [2.05, 4.69) is 17.0 Å². The van der Waals surface area contributed by atoms with E-state index in [1.54, 1.807) is 11.8 Å². The molecule has 6 heteroatoms. The number of amides is 1. The summed E-state index contributed by atoms with van der Waals surface area (Å²) in [5.74, 6) is -0.106. The number of carbonyl (C=O) groups excluding carboxylic acids is 2. The fourth-order valence-corrected chi connectivity index (χ4v) is 3.31. The van der Waals surface area contributed by atoms with Crippen LogP contribution in [0.5, 0.6) is 5.75 Å². The van der Waals surface area contributed by atoms with Crippen LogP contribution in [-0.2, 0) is 14.3 Å². The van der Waals surface area contributed by atoms with Gasteiger partial charge in [-0.3, -0.25) is 4.79 Å². The Morgan fingerprint density at radius 2 is 1.66 bits per heavy atom. The average Bonchev–Trinajstić information content (AvgIpc) is 2.74. The third kappa shape index (κ3) is 5.50. The predicted molar refractivity (Wildman–Crippen MR) is 112 cm³/mol. The van der Waals surface area contributed by atoms with Crippen LogP contribution in [0.15, 0.2) is 48.5 Å². The molecule has 1 aliphatic rings. The largest absolute Gasteiger partial charge is 0.482 e. The lowest BCUT2D eigenvalue weighted by molar-refractivity contribution is -0.160. The van der Waals surface area contributed by atoms with Crippen molar-refractivity contribution in [1.29, 1.82) is 0 Å². The number of para-hydroxylation sites is 1. The van der Waals surface area contributed by atoms with Crippen molar-refractivity contribution < 1.29 is 19.1 Å². The minimum atomic E-state index is -0.825. The molecule has 0 aromatic heterocycles. The van der Waals surface area contributed by atoms with Crippen molar-refractivity contribution in [1.82, 2.24) is 4.90 Å². The smallest absolute Gasteiger partial charge is 0.344 e. The molecular weight excluding hydrogens is 368 g/mol. The van der Waals surface area contributed by atoms with Crippen LogP contribution in [-0.4, -0.2) is 55.7 Å². The standard InChI is InChI=1S/C23H28N2O4/c1-17-9-10-21(15-18(17)2)28-16-22(26)29-19(3)23(27)25-13-11-24(12-14-25)20-7-5-4-6-8-20/h4-10,15,19H,11-14,16H2,1-3H3. The second kappa shape index (κ2) is 9.45. The molecule has 2 aromatic rings. The number of esters is 1. The van der Waals surface area contributed by atoms with Crippen LogP contribution in [0.1, 0.15) is 18.1 Å². The molecule has 0 saturated carbocycles. The van der Waals surface area contributed by atoms with Gasteiger partial charge in [0.2, 0.25) is 0 Å². The molecule has 29 heavy (non-hydrogen) atoms. The second-order valence-electron chi connectivity index (χ2n) is 7.31. The Kier molecular flexibility index (Phi) is 6.75. The first-order valence-electron chi connectivity index (χ1n) is 9.92. The molecule has 0 radical (unpaired) electrons. The summed E-state index contributed by atoms with van der Waals surface area (Å²) < 4.78 is 10.8. The number of aryl methyl sites for hydroxylation is 2. The van der Waals surface area contributed by atoms with E-state index in [-0.39, 0.29) is 12.5 Å². The van der Waals surface area contributed by atoms with Crippen LogP contribution in [0.2, 0.25) is 0 Å². The third-order valence-electron chi connectivity index (χ3n) is 5.20. The summed E-state index contributed by atoms with van der Waals surface area (Å²) in [5.41, 5.74) is 3.41. The van der Waals surface area contributed by atoms with E-state index in [1.165, 1.54) is 0 Å². The first kappa shape index (κ1) is 20.7. The highest BCUT2D eigenvalue weighted by molar-refractivity contribution is 5.84. The molecule has 1 aliphatic heterocycles. The fourth-order valence-electron chi connectivity index (χ4n) is 3.31. The minimum Gasteiger partial charge on any atom is -0.482 e. The Bertz CT molecular complexity index is 845. The van der Waals surface area contributed by atoms with Crippen LogP contribution in [0.3, 0.4) is 0 Å². The van der Waals surface area contributed by atoms with Gasteiger partial charge in [0.15, 0.2) is 12.7 Å². The van der Waals surface area contributed by atoms with Gasteiger partial charge in [0.1, 0.15) is 5.75 Å². The van der Waals surface area contributed by atoms with E-state index in [0.717, 1.165) is 29.9 Å². The molecule has 1 atom stereocenters. The van der Waals surface area contributed by atoms with Gasteiger partial charge in [0.05, 0.1) is 0 Å². The maximum Gasteiger partial charge on any atom is 0.344 e. The first-order valence-corrected chi connectivity index (χ1v) is 9.92. The third-order valence-corrected chi connectivity index (χ3v) is 5.20. The molecule has 154 valence electrons. The first-order chi connectivity index (χ1) is 13.9. The van der Waals surface area contributed by atoms with Crippen LogP contribution in [0.4, 0.5) is 5.69 Å². The molecule has 1 unspecified atom stereocenters. The highest BCUT2D eigenvalue weighted by atomic mass is 16.6. The molecule has 1 amide bonds. The van der Waals surface area contributed by atoms with Gasteiger partial charge in [-0.25, -0.2) is 4.79 Å². The maximum absolute atomic E-state index is 12.6. The summed E-state index contributed by atoms with van der Waals surface area (Å²) in [5, 5.41) is 0. The summed E-state index contributed by atoms with van der Waals surface area (Å²) >= 11 is 0. The molecule has 0 N–H and O–H groups in total. The Morgan fingerprint density at radius 3 is 2.31 bits per heavy atom. The van der Waals surface area contributed by atoms with Gasteiger partial charge in [0.25, 0.3) is 5.91 Å². The second-order valence-corrected chi connectivity index (χ2v) is 7.31. The summed E-state index contributed by atoms with van der Waals surface area (Å²) in [4.78, 5) is 28.7. The van der Waals surface area contributed by atoms with E-state index >= 15 is 0 Å². The Morgan fingerprint density at radius 1 is 0.966 bits per heavy atom. The van der Waals surface area contributed by atoms with Gasteiger partial charge in [0, 0.05) is 31.9 Å². The van der Waals surface area contributed by atoms with Crippen molar-refractivity contribution in [2.45, 2.75) is 26.9 Å². The number of benzene rings is 2. The number of rotatable bonds is 6. The fraction of sp³-hybridized carbons (Fsp3) is 0.391. The number of piperazine rings is 1. The minimum absolute atomic E-state index is 0.169. The van der Waals surface area contributed by atoms with Crippen molar-refractivity contribution in [3.05, 3.63) is 59.7 Å². The summed E-state index contributed by atoms with van der Waals surface area (Å²) in [6.45, 7) is 8.11. The van der Waals surface area contributed by atoms with E-state index < -0.39 is 12.1 Å². The van der Waals surface area contributed by atoms with E-state index in [4.69, 9.17) is 9.47 Å². The number of nitrogens with zero attached hydrogens (tertiary/aromatic N) is 2. The summed E-state index contributed by atoms with van der Waals surface area (Å²) in [6.07, 6.45) is -0.825. The molecular formula is C23H28N2O4. The highest BCUT2D eigenvalue weighted by Gasteiger charge is 2.27. The van der Waals surface area contributed by atoms with E-state index in [1.807, 2.05) is 50.2 Å². The number of carbonyl (C=O) groups is 2. The monoisotopic (exact) mass is 396 g/mol. The van der Waals surface area contributed by atoms with E-state index in [9.17, 15) is 9.59 Å². The SMILES string of the molecule is Cc1ccc(OCC(=O)OC(C)C(=O)N2CCN(c3ccccc3)CC2)cc1C. The lowest BCUT2D eigenvalue weighted by Crippen LogP contribution is -2.51. The number of anilines is 1. The lowest BCUT2D eigenvalue weighted by Gasteiger charge is -2.37. The molecule has 0 bridgehead atoms. The van der Waals surface area contributed by atoms with Crippen molar-refractivity contribution >= 4 is 17.6 Å². The number of hydrogen-bond donors (Lipinski definition) is 0. The van der Waals surface area contributed by atoms with E-state index in [0.29, 0.717) is 18.8 Å². The summed E-state index contributed by atoms with van der Waals surface area (Å²) in [6, 6.07) is 15.8. The van der Waals surface area contributed by atoms with Crippen LogP contribution in [0, 0.1) is 13.8 Å². The molecule has 1 saturated heterocycles. The normalized spacial score (nSPS) is 15.0. The molecule has 1 heterocycles. The molecule has 3 rings (SSSR count). The Hall–Kier alpha value is -3.02. The van der Waals surface area contributed by atoms with Crippen LogP contribution < -0.4 is 9.64 Å². The van der Waals surface area contributed by atoms with Crippen LogP contribution in [0.25, 0.3) is 0 Å². The summed E-state index contributed by atoms with van der Waals surface area (Å²) in [7, 11) is 0. The van der Waals surface area contributed by atoms with Crippen molar-refractivity contribution in [3.63, 3.8) is 0 Å². The van der Waals surface area contributed by atoms with Gasteiger partial charge in [-0.1, -0.05) is 24.3 Å². The van der Waals surface area contributed by atoms with Crippen molar-refractivity contribution in [2.75, 3.05) is 37.7 Å². The van der Waals surface area contributed by atoms with Gasteiger partial charge < -0.3 is 19.3 Å². The van der Waals surface area contributed by atoms with Crippen molar-refractivity contribution in [3.8, 4) is 5.75 Å². The highest BCUT2D eigenvalue weighted by Crippen LogP contribution is 2.17. The Labute approximate surface area is 172 Å². The number of ether oxygens (including phenoxy) is 2. The average molecular weight is 396 g/mol. The van der Waals surface area contributed by atoms with Gasteiger partial charge >= 0.3 is 5.97 Å². The zero-order valence-corrected chi connectivity index (χ0v) is 17.3. The molecule has 2 aromatic carbocycles. The van der Waals surface area contributed by atoms with Gasteiger partial charge in [-0.15, -0.1) is 0 Å². The zero-order chi connectivity index (χ0) is 20.8. The van der Waals surface area contributed by atoms with Gasteiger partial charge in [-0.05, 0) is 56.2 Å². The van der Waals surface area contributed by atoms with Gasteiger partial charge in [-0.2, -0.15) is 0 Å². The Balaban J connectivity index is 1.44. The zero-order valence-electron chi connectivity index (χ0n) is 17.3. The van der Waals surface area contributed by atoms with Crippen molar-refractivity contribution in [2.24, 2.45) is 0 Å². The number of hydrogen-bond acceptors (Lipinski definition) is 5. The molecule has 0 spiro atoms. The maximum atomic E-state index is 12.6. The molecule has 6 nitrogen and oxygen atoms in total. The topological polar surface area (TPSA) is 59.1 Å². The lowest BCUT2D eigenvalue weighted by atomic mass is 10.1.